The molecule has 0 saturated heterocycles. The van der Waals surface area contributed by atoms with Gasteiger partial charge in [0.1, 0.15) is 0 Å². The molecule has 2 aromatic rings. The minimum atomic E-state index is 0.139. The van der Waals surface area contributed by atoms with E-state index in [1.54, 1.807) is 0 Å². The topological polar surface area (TPSA) is 16.1 Å². The lowest BCUT2D eigenvalue weighted by atomic mass is 9.86. The molecular weight excluding hydrogens is 316 g/mol. The van der Waals surface area contributed by atoms with E-state index < -0.39 is 0 Å². The van der Waals surface area contributed by atoms with Gasteiger partial charge in [-0.1, -0.05) is 58.0 Å². The van der Waals surface area contributed by atoms with Crippen LogP contribution in [0.1, 0.15) is 65.2 Å². The van der Waals surface area contributed by atoms with Crippen molar-refractivity contribution in [3.8, 4) is 0 Å². The molecule has 0 aliphatic rings. The zero-order valence-electron chi connectivity index (χ0n) is 17.7. The molecule has 0 spiro atoms. The molecule has 0 fully saturated rings. The Morgan fingerprint density at radius 3 is 2.08 bits per heavy atom. The van der Waals surface area contributed by atoms with Gasteiger partial charge in [0, 0.05) is 31.0 Å². The Hall–Kier alpha value is -1.67. The predicted octanol–water partition coefficient (Wildman–Crippen LogP) is 5.86. The average Bonchev–Trinajstić information content (AvgIpc) is 2.54. The first kappa shape index (κ1) is 20.6. The fourth-order valence-electron chi connectivity index (χ4n) is 3.27. The number of pyridine rings is 1. The van der Waals surface area contributed by atoms with Gasteiger partial charge in [0.25, 0.3) is 0 Å². The summed E-state index contributed by atoms with van der Waals surface area (Å²) < 4.78 is 0. The van der Waals surface area contributed by atoms with Crippen LogP contribution in [0, 0.1) is 5.92 Å². The van der Waals surface area contributed by atoms with E-state index in [1.807, 2.05) is 18.5 Å². The van der Waals surface area contributed by atoms with Crippen LogP contribution >= 0.6 is 0 Å². The third-order valence-electron chi connectivity index (χ3n) is 4.98. The molecule has 1 atom stereocenters. The Balaban J connectivity index is 2.01. The van der Waals surface area contributed by atoms with Gasteiger partial charge in [-0.3, -0.25) is 9.88 Å². The second-order valence-corrected chi connectivity index (χ2v) is 9.67. The van der Waals surface area contributed by atoms with E-state index in [-0.39, 0.29) is 11.0 Å². The molecule has 2 nitrogen and oxygen atoms in total. The van der Waals surface area contributed by atoms with Crippen LogP contribution in [0.4, 0.5) is 0 Å². The lowest BCUT2D eigenvalue weighted by Gasteiger charge is -2.37. The van der Waals surface area contributed by atoms with E-state index in [4.69, 9.17) is 0 Å². The first-order valence-corrected chi connectivity index (χ1v) is 9.79. The molecule has 0 radical (unpaired) electrons. The molecular formula is C24H36N2. The van der Waals surface area contributed by atoms with Gasteiger partial charge in [0.05, 0.1) is 0 Å². The molecule has 1 unspecified atom stereocenters. The summed E-state index contributed by atoms with van der Waals surface area (Å²) in [5, 5.41) is 0. The number of benzene rings is 1. The molecule has 0 N–H and O–H groups in total. The van der Waals surface area contributed by atoms with E-state index in [1.165, 1.54) is 16.7 Å². The average molecular weight is 353 g/mol. The highest BCUT2D eigenvalue weighted by Gasteiger charge is 2.23. The first-order chi connectivity index (χ1) is 12.1. The fourth-order valence-corrected chi connectivity index (χ4v) is 3.27. The first-order valence-electron chi connectivity index (χ1n) is 9.79. The van der Waals surface area contributed by atoms with Crippen molar-refractivity contribution in [1.82, 2.24) is 9.88 Å². The highest BCUT2D eigenvalue weighted by atomic mass is 15.2. The van der Waals surface area contributed by atoms with Gasteiger partial charge >= 0.3 is 0 Å². The van der Waals surface area contributed by atoms with Crippen molar-refractivity contribution >= 4 is 0 Å². The van der Waals surface area contributed by atoms with E-state index in [0.29, 0.717) is 5.92 Å². The Morgan fingerprint density at radius 1 is 0.923 bits per heavy atom. The smallest absolute Gasteiger partial charge is 0.0312 e. The van der Waals surface area contributed by atoms with Crippen LogP contribution in [-0.4, -0.2) is 22.0 Å². The molecule has 142 valence electrons. The quantitative estimate of drug-likeness (QED) is 0.647. The van der Waals surface area contributed by atoms with Crippen LogP contribution in [0.3, 0.4) is 0 Å². The highest BCUT2D eigenvalue weighted by Crippen LogP contribution is 2.24. The van der Waals surface area contributed by atoms with Crippen molar-refractivity contribution in [3.05, 3.63) is 65.5 Å². The maximum absolute atomic E-state index is 4.27. The van der Waals surface area contributed by atoms with Gasteiger partial charge < -0.3 is 0 Å². The maximum atomic E-state index is 4.27. The number of nitrogens with zero attached hydrogens (tertiary/aromatic N) is 2. The van der Waals surface area contributed by atoms with Crippen molar-refractivity contribution in [3.63, 3.8) is 0 Å². The second-order valence-electron chi connectivity index (χ2n) is 9.67. The summed E-state index contributed by atoms with van der Waals surface area (Å²) in [4.78, 5) is 6.84. The van der Waals surface area contributed by atoms with Crippen molar-refractivity contribution in [2.75, 3.05) is 6.54 Å². The van der Waals surface area contributed by atoms with Crippen molar-refractivity contribution in [2.24, 2.45) is 5.92 Å². The third-order valence-corrected chi connectivity index (χ3v) is 4.98. The zero-order chi connectivity index (χ0) is 19.4. The molecule has 26 heavy (non-hydrogen) atoms. The van der Waals surface area contributed by atoms with Crippen molar-refractivity contribution in [1.29, 1.82) is 0 Å². The summed E-state index contributed by atoms with van der Waals surface area (Å²) in [5.41, 5.74) is 4.48. The van der Waals surface area contributed by atoms with Crippen LogP contribution in [0.25, 0.3) is 0 Å². The molecule has 1 aromatic carbocycles. The van der Waals surface area contributed by atoms with Crippen LogP contribution in [0.5, 0.6) is 0 Å². The van der Waals surface area contributed by atoms with Gasteiger partial charge in [-0.15, -0.1) is 0 Å². The van der Waals surface area contributed by atoms with Gasteiger partial charge in [-0.25, -0.2) is 0 Å². The fraction of sp³-hybridized carbons (Fsp3) is 0.542. The standard InChI is InChI=1S/C24H36N2/c1-19(15-20-10-12-22(13-11-20)23(2,3)4)17-26(24(5,6)7)18-21-9-8-14-25-16-21/h8-14,16,19H,15,17-18H2,1-7H3. The molecule has 0 saturated carbocycles. The monoisotopic (exact) mass is 352 g/mol. The van der Waals surface area contributed by atoms with E-state index in [9.17, 15) is 0 Å². The maximum Gasteiger partial charge on any atom is 0.0312 e. The van der Waals surface area contributed by atoms with Crippen LogP contribution < -0.4 is 0 Å². The van der Waals surface area contributed by atoms with Crippen LogP contribution in [-0.2, 0) is 18.4 Å². The molecule has 0 aliphatic heterocycles. The van der Waals surface area contributed by atoms with Crippen LogP contribution in [0.15, 0.2) is 48.8 Å². The van der Waals surface area contributed by atoms with Gasteiger partial charge in [0.2, 0.25) is 0 Å². The van der Waals surface area contributed by atoms with Crippen molar-refractivity contribution in [2.45, 2.75) is 72.4 Å². The number of hydrogen-bond donors (Lipinski definition) is 0. The van der Waals surface area contributed by atoms with Crippen LogP contribution in [0.2, 0.25) is 0 Å². The van der Waals surface area contributed by atoms with E-state index in [2.05, 4.69) is 88.7 Å². The molecule has 1 aromatic heterocycles. The summed E-state index contributed by atoms with van der Waals surface area (Å²) in [6.07, 6.45) is 4.94. The summed E-state index contributed by atoms with van der Waals surface area (Å²) in [6, 6.07) is 13.4. The van der Waals surface area contributed by atoms with E-state index >= 15 is 0 Å². The summed E-state index contributed by atoms with van der Waals surface area (Å²) >= 11 is 0. The SMILES string of the molecule is CC(Cc1ccc(C(C)(C)C)cc1)CN(Cc1cccnc1)C(C)(C)C. The highest BCUT2D eigenvalue weighted by molar-refractivity contribution is 5.27. The van der Waals surface area contributed by atoms with Gasteiger partial charge in [0.15, 0.2) is 0 Å². The Labute approximate surface area is 160 Å². The Kier molecular flexibility index (Phi) is 6.63. The second kappa shape index (κ2) is 8.35. The number of rotatable bonds is 6. The van der Waals surface area contributed by atoms with E-state index in [0.717, 1.165) is 19.5 Å². The van der Waals surface area contributed by atoms with Gasteiger partial charge in [-0.2, -0.15) is 0 Å². The predicted molar refractivity (Wildman–Crippen MR) is 112 cm³/mol. The third kappa shape index (κ3) is 6.25. The molecule has 1 heterocycles. The lowest BCUT2D eigenvalue weighted by Crippen LogP contribution is -2.43. The Morgan fingerprint density at radius 2 is 1.58 bits per heavy atom. The molecule has 0 amide bonds. The molecule has 0 aliphatic carbocycles. The largest absolute Gasteiger partial charge is 0.294 e. The zero-order valence-corrected chi connectivity index (χ0v) is 17.7. The Bertz CT molecular complexity index is 660. The molecule has 2 rings (SSSR count). The number of hydrogen-bond acceptors (Lipinski definition) is 2. The summed E-state index contributed by atoms with van der Waals surface area (Å²) in [6.45, 7) is 18.1. The number of aromatic nitrogens is 1. The minimum Gasteiger partial charge on any atom is -0.294 e. The minimum absolute atomic E-state index is 0.139. The molecule has 2 heteroatoms. The summed E-state index contributed by atoms with van der Waals surface area (Å²) in [5.74, 6) is 0.603. The molecule has 0 bridgehead atoms. The summed E-state index contributed by atoms with van der Waals surface area (Å²) in [7, 11) is 0. The van der Waals surface area contributed by atoms with Crippen molar-refractivity contribution < 1.29 is 0 Å². The lowest BCUT2D eigenvalue weighted by molar-refractivity contribution is 0.108. The normalized spacial score (nSPS) is 13.8. The van der Waals surface area contributed by atoms with Gasteiger partial charge in [-0.05, 0) is 61.3 Å².